The summed E-state index contributed by atoms with van der Waals surface area (Å²) in [5.41, 5.74) is -2.52. The Morgan fingerprint density at radius 3 is 2.52 bits per heavy atom. The molecule has 9 nitrogen and oxygen atoms in total. The zero-order valence-corrected chi connectivity index (χ0v) is 12.8. The van der Waals surface area contributed by atoms with Crippen LogP contribution in [0.2, 0.25) is 0 Å². The predicted molar refractivity (Wildman–Crippen MR) is 81.0 cm³/mol. The molecular formula is C14H19N3O6. The zero-order valence-electron chi connectivity index (χ0n) is 12.8. The van der Waals surface area contributed by atoms with Gasteiger partial charge in [-0.25, -0.2) is 4.79 Å². The second-order valence-electron chi connectivity index (χ2n) is 5.69. The van der Waals surface area contributed by atoms with Gasteiger partial charge in [0.05, 0.1) is 13.2 Å². The fourth-order valence-electron chi connectivity index (χ4n) is 2.10. The summed E-state index contributed by atoms with van der Waals surface area (Å²) in [5, 5.41) is 29.0. The maximum absolute atomic E-state index is 12.2. The molecule has 0 spiro atoms. The predicted octanol–water partition coefficient (Wildman–Crippen LogP) is -1.28. The van der Waals surface area contributed by atoms with Gasteiger partial charge in [-0.2, -0.15) is 4.98 Å². The first-order chi connectivity index (χ1) is 10.8. The summed E-state index contributed by atoms with van der Waals surface area (Å²) >= 11 is 0. The molecule has 0 bridgehead atoms. The van der Waals surface area contributed by atoms with Crippen LogP contribution in [0.15, 0.2) is 27.9 Å². The minimum absolute atomic E-state index is 0.120. The number of H-pyrrole nitrogens is 1. The molecule has 0 aliphatic carbocycles. The second kappa shape index (κ2) is 6.59. The van der Waals surface area contributed by atoms with Gasteiger partial charge in [0, 0.05) is 17.6 Å². The Morgan fingerprint density at radius 1 is 1.30 bits per heavy atom. The molecule has 9 heteroatoms. The van der Waals surface area contributed by atoms with E-state index in [1.54, 1.807) is 0 Å². The third-order valence-corrected chi connectivity index (χ3v) is 3.22. The summed E-state index contributed by atoms with van der Waals surface area (Å²) in [6.45, 7) is 1.89. The lowest BCUT2D eigenvalue weighted by molar-refractivity contribution is -0.174. The van der Waals surface area contributed by atoms with E-state index in [4.69, 9.17) is 14.9 Å². The Kier molecular flexibility index (Phi) is 4.95. The topological polar surface area (TPSA) is 138 Å². The van der Waals surface area contributed by atoms with Crippen LogP contribution in [0.3, 0.4) is 0 Å². The molecule has 2 rings (SSSR count). The summed E-state index contributed by atoms with van der Waals surface area (Å²) in [6.07, 6.45) is -0.776. The van der Waals surface area contributed by atoms with Crippen molar-refractivity contribution in [1.82, 2.24) is 14.5 Å². The number of hydrogen-bond acceptors (Lipinski definition) is 7. The van der Waals surface area contributed by atoms with E-state index in [1.807, 2.05) is 0 Å². The summed E-state index contributed by atoms with van der Waals surface area (Å²) in [5.74, 6) is 0. The molecule has 0 saturated heterocycles. The Balaban J connectivity index is 2.56. The Bertz CT molecular complexity index is 787. The zero-order chi connectivity index (χ0) is 17.2. The lowest BCUT2D eigenvalue weighted by Crippen LogP contribution is -2.44. The monoisotopic (exact) mass is 325 g/mol. The van der Waals surface area contributed by atoms with Crippen molar-refractivity contribution in [1.29, 1.82) is 0 Å². The van der Waals surface area contributed by atoms with Gasteiger partial charge in [-0.1, -0.05) is 0 Å². The quantitative estimate of drug-likeness (QED) is 0.519. The summed E-state index contributed by atoms with van der Waals surface area (Å²) in [6, 6.07) is 2.76. The van der Waals surface area contributed by atoms with E-state index in [1.165, 1.54) is 32.2 Å². The van der Waals surface area contributed by atoms with Crippen LogP contribution in [-0.4, -0.2) is 54.8 Å². The fourth-order valence-corrected chi connectivity index (χ4v) is 2.10. The number of hydrogen-bond donors (Lipinski definition) is 4. The van der Waals surface area contributed by atoms with E-state index in [2.05, 4.69) is 9.97 Å². The van der Waals surface area contributed by atoms with Crippen LogP contribution in [0.4, 0.5) is 0 Å². The van der Waals surface area contributed by atoms with Gasteiger partial charge < -0.3 is 25.0 Å². The van der Waals surface area contributed by atoms with Crippen LogP contribution in [0, 0.1) is 0 Å². The van der Waals surface area contributed by atoms with E-state index in [-0.39, 0.29) is 5.65 Å². The third-order valence-electron chi connectivity index (χ3n) is 3.22. The molecule has 0 aliphatic rings. The van der Waals surface area contributed by atoms with Crippen molar-refractivity contribution in [2.45, 2.75) is 31.8 Å². The average molecular weight is 325 g/mol. The maximum Gasteiger partial charge on any atom is 0.351 e. The molecule has 0 aromatic carbocycles. The van der Waals surface area contributed by atoms with Gasteiger partial charge in [0.15, 0.2) is 6.23 Å². The van der Waals surface area contributed by atoms with Gasteiger partial charge in [0.2, 0.25) is 5.56 Å². The first-order valence-electron chi connectivity index (χ1n) is 6.98. The molecule has 0 saturated carbocycles. The highest BCUT2D eigenvalue weighted by Crippen LogP contribution is 2.24. The van der Waals surface area contributed by atoms with Crippen LogP contribution in [0.5, 0.6) is 0 Å². The SMILES string of the molecule is CC(C)(O)[C@@H](OC(CO)CO)n1cc2ccc(=O)[nH]c2nc1=O. The summed E-state index contributed by atoms with van der Waals surface area (Å²) in [4.78, 5) is 29.7. The molecule has 1 atom stereocenters. The molecule has 2 aromatic heterocycles. The van der Waals surface area contributed by atoms with Gasteiger partial charge in [0.25, 0.3) is 0 Å². The highest BCUT2D eigenvalue weighted by atomic mass is 16.5. The molecule has 0 radical (unpaired) electrons. The number of aliphatic hydroxyl groups is 3. The molecule has 126 valence electrons. The highest BCUT2D eigenvalue weighted by Gasteiger charge is 2.33. The van der Waals surface area contributed by atoms with Crippen LogP contribution >= 0.6 is 0 Å². The first kappa shape index (κ1) is 17.3. The maximum atomic E-state index is 12.2. The molecule has 2 aromatic rings. The number of pyridine rings is 1. The number of aromatic nitrogens is 3. The summed E-state index contributed by atoms with van der Waals surface area (Å²) < 4.78 is 6.51. The van der Waals surface area contributed by atoms with Crippen molar-refractivity contribution in [2.24, 2.45) is 0 Å². The van der Waals surface area contributed by atoms with E-state index >= 15 is 0 Å². The van der Waals surface area contributed by atoms with Crippen LogP contribution in [-0.2, 0) is 4.74 Å². The molecule has 0 amide bonds. The number of aromatic amines is 1. The van der Waals surface area contributed by atoms with Crippen molar-refractivity contribution >= 4 is 11.0 Å². The number of nitrogens with zero attached hydrogens (tertiary/aromatic N) is 2. The molecule has 4 N–H and O–H groups in total. The minimum Gasteiger partial charge on any atom is -0.394 e. The van der Waals surface area contributed by atoms with Crippen molar-refractivity contribution in [3.05, 3.63) is 39.2 Å². The van der Waals surface area contributed by atoms with Gasteiger partial charge in [0.1, 0.15) is 17.4 Å². The van der Waals surface area contributed by atoms with Crippen LogP contribution < -0.4 is 11.2 Å². The third kappa shape index (κ3) is 3.82. The average Bonchev–Trinajstić information content (AvgIpc) is 2.47. The number of aliphatic hydroxyl groups excluding tert-OH is 2. The largest absolute Gasteiger partial charge is 0.394 e. The van der Waals surface area contributed by atoms with Crippen molar-refractivity contribution in [2.75, 3.05) is 13.2 Å². The van der Waals surface area contributed by atoms with E-state index in [0.717, 1.165) is 4.57 Å². The number of rotatable bonds is 6. The van der Waals surface area contributed by atoms with Gasteiger partial charge in [-0.05, 0) is 19.9 Å². The van der Waals surface area contributed by atoms with E-state index < -0.39 is 42.4 Å². The molecule has 0 unspecified atom stereocenters. The molecule has 2 heterocycles. The first-order valence-corrected chi connectivity index (χ1v) is 6.98. The summed E-state index contributed by atoms with van der Waals surface area (Å²) in [7, 11) is 0. The van der Waals surface area contributed by atoms with Crippen molar-refractivity contribution in [3.63, 3.8) is 0 Å². The molecular weight excluding hydrogens is 306 g/mol. The minimum atomic E-state index is -1.50. The molecule has 23 heavy (non-hydrogen) atoms. The van der Waals surface area contributed by atoms with Gasteiger partial charge in [-0.3, -0.25) is 9.36 Å². The van der Waals surface area contributed by atoms with Gasteiger partial charge >= 0.3 is 5.69 Å². The second-order valence-corrected chi connectivity index (χ2v) is 5.69. The highest BCUT2D eigenvalue weighted by molar-refractivity contribution is 5.72. The van der Waals surface area contributed by atoms with Crippen LogP contribution in [0.1, 0.15) is 20.1 Å². The standard InChI is InChI=1S/C14H19N3O6/c1-14(2,22)12(23-9(6-18)7-19)17-5-8-3-4-10(20)15-11(8)16-13(17)21/h3-5,9,12,18-19,22H,6-7H2,1-2H3,(H,15,16,20,21)/t12-/m1/s1. The Morgan fingerprint density at radius 2 is 1.96 bits per heavy atom. The normalized spacial score (nSPS) is 13.7. The van der Waals surface area contributed by atoms with Crippen molar-refractivity contribution < 1.29 is 20.1 Å². The number of nitrogens with one attached hydrogen (secondary N) is 1. The smallest absolute Gasteiger partial charge is 0.351 e. The fraction of sp³-hybridized carbons (Fsp3) is 0.500. The Labute approximate surface area is 130 Å². The molecule has 0 aliphatic heterocycles. The van der Waals surface area contributed by atoms with Crippen LogP contribution in [0.25, 0.3) is 11.0 Å². The van der Waals surface area contributed by atoms with Crippen molar-refractivity contribution in [3.8, 4) is 0 Å². The number of fused-ring (bicyclic) bond motifs is 1. The van der Waals surface area contributed by atoms with E-state index in [9.17, 15) is 14.7 Å². The lowest BCUT2D eigenvalue weighted by Gasteiger charge is -2.32. The lowest BCUT2D eigenvalue weighted by atomic mass is 10.1. The number of ether oxygens (including phenoxy) is 1. The van der Waals surface area contributed by atoms with Gasteiger partial charge in [-0.15, -0.1) is 0 Å². The Hall–Kier alpha value is -2.07. The van der Waals surface area contributed by atoms with E-state index in [0.29, 0.717) is 5.39 Å². The molecule has 0 fully saturated rings.